The van der Waals surface area contributed by atoms with Gasteiger partial charge in [0.05, 0.1) is 7.11 Å². The van der Waals surface area contributed by atoms with Crippen molar-refractivity contribution in [1.29, 1.82) is 0 Å². The van der Waals surface area contributed by atoms with Crippen LogP contribution >= 0.6 is 18.5 Å². The molecule has 0 aliphatic carbocycles. The average molecular weight is 355 g/mol. The summed E-state index contributed by atoms with van der Waals surface area (Å²) in [7, 11) is -1.15. The molecule has 0 aromatic heterocycles. The molecule has 2 aromatic carbocycles. The van der Waals surface area contributed by atoms with Crippen molar-refractivity contribution in [2.24, 2.45) is 5.92 Å². The van der Waals surface area contributed by atoms with Crippen LogP contribution < -0.4 is 4.84 Å². The van der Waals surface area contributed by atoms with Crippen LogP contribution in [0.25, 0.3) is 10.8 Å². The minimum absolute atomic E-state index is 0.199. The number of carbonyl (C=O) groups is 1. The van der Waals surface area contributed by atoms with Gasteiger partial charge in [0.25, 0.3) is 0 Å². The molecule has 0 saturated heterocycles. The molecule has 0 bridgehead atoms. The highest BCUT2D eigenvalue weighted by molar-refractivity contribution is 7.71. The van der Waals surface area contributed by atoms with E-state index >= 15 is 0 Å². The average Bonchev–Trinajstić information content (AvgIpc) is 2.53. The fourth-order valence-electron chi connectivity index (χ4n) is 2.30. The molecule has 0 N–H and O–H groups in total. The van der Waals surface area contributed by atoms with Gasteiger partial charge in [0, 0.05) is 5.39 Å². The molecule has 0 amide bonds. The fourth-order valence-corrected chi connectivity index (χ4v) is 3.38. The Hall–Kier alpha value is -1.68. The largest absolute Gasteiger partial charge is 0.593 e. The number of methoxy groups -OCH3 is 1. The number of hydrogen-bond acceptors (Lipinski definition) is 4. The van der Waals surface area contributed by atoms with Crippen LogP contribution in [0.15, 0.2) is 42.5 Å². The van der Waals surface area contributed by atoms with Crippen molar-refractivity contribution in [3.05, 3.63) is 42.5 Å². The minimum atomic E-state index is -2.42. The Morgan fingerprint density at radius 2 is 1.83 bits per heavy atom. The molecule has 7 heteroatoms. The Kier molecular flexibility index (Phi) is 5.94. The van der Waals surface area contributed by atoms with Crippen LogP contribution in [0.4, 0.5) is 0 Å². The zero-order valence-electron chi connectivity index (χ0n) is 13.1. The molecule has 0 aliphatic heterocycles. The maximum absolute atomic E-state index is 12.0. The van der Waals surface area contributed by atoms with E-state index in [1.54, 1.807) is 19.9 Å². The highest BCUT2D eigenvalue weighted by Gasteiger charge is 2.45. The van der Waals surface area contributed by atoms with Crippen LogP contribution in [0.3, 0.4) is 0 Å². The lowest BCUT2D eigenvalue weighted by Gasteiger charge is -2.22. The van der Waals surface area contributed by atoms with Gasteiger partial charge in [-0.05, 0) is 21.9 Å². The Bertz CT molecular complexity index is 717. The number of hydrogen-bond donors (Lipinski definition) is 0. The normalized spacial score (nSPS) is 13.2. The van der Waals surface area contributed by atoms with E-state index < -0.39 is 19.3 Å². The molecule has 2 unspecified atom stereocenters. The van der Waals surface area contributed by atoms with E-state index in [1.165, 1.54) is 7.11 Å². The van der Waals surface area contributed by atoms with Gasteiger partial charge in [0.2, 0.25) is 11.2 Å². The van der Waals surface area contributed by atoms with Crippen molar-refractivity contribution < 1.29 is 18.9 Å². The standard InChI is InChI=1S/C16H18ClNO4P/c1-11(2)15(16(19)21-3)18(23(17)20)22-14-10-6-8-12-7-4-5-9-13(12)14/h4-11,15H,1-3H3/q+1. The molecule has 0 fully saturated rings. The Morgan fingerprint density at radius 3 is 2.43 bits per heavy atom. The lowest BCUT2D eigenvalue weighted by Crippen LogP contribution is -2.42. The van der Waals surface area contributed by atoms with Crippen molar-refractivity contribution in [3.63, 3.8) is 0 Å². The first kappa shape index (κ1) is 17.7. The summed E-state index contributed by atoms with van der Waals surface area (Å²) in [5, 5.41) is 1.80. The number of carbonyl (C=O) groups excluding carboxylic acids is 1. The second kappa shape index (κ2) is 7.73. The summed E-state index contributed by atoms with van der Waals surface area (Å²) in [6.07, 6.45) is 0. The summed E-state index contributed by atoms with van der Waals surface area (Å²) in [6, 6.07) is 12.2. The van der Waals surface area contributed by atoms with Crippen LogP contribution in [-0.4, -0.2) is 24.0 Å². The van der Waals surface area contributed by atoms with E-state index in [2.05, 4.69) is 0 Å². The number of fused-ring (bicyclic) bond motifs is 1. The summed E-state index contributed by atoms with van der Waals surface area (Å²) >= 11 is 5.79. The van der Waals surface area contributed by atoms with Crippen molar-refractivity contribution in [3.8, 4) is 5.75 Å². The lowest BCUT2D eigenvalue weighted by atomic mass is 10.1. The molecule has 0 heterocycles. The first-order valence-electron chi connectivity index (χ1n) is 7.11. The molecule has 122 valence electrons. The molecule has 2 atom stereocenters. The fraction of sp³-hybridized carbons (Fsp3) is 0.312. The highest BCUT2D eigenvalue weighted by atomic mass is 35.7. The quantitative estimate of drug-likeness (QED) is 0.433. The predicted molar refractivity (Wildman–Crippen MR) is 90.5 cm³/mol. The third kappa shape index (κ3) is 3.99. The van der Waals surface area contributed by atoms with Crippen molar-refractivity contribution in [2.45, 2.75) is 19.9 Å². The van der Waals surface area contributed by atoms with E-state index in [-0.39, 0.29) is 5.92 Å². The maximum atomic E-state index is 12.0. The number of esters is 1. The zero-order valence-corrected chi connectivity index (χ0v) is 14.8. The van der Waals surface area contributed by atoms with Gasteiger partial charge in [0.15, 0.2) is 11.8 Å². The van der Waals surface area contributed by atoms with Gasteiger partial charge in [-0.1, -0.05) is 50.2 Å². The molecule has 0 radical (unpaired) electrons. The first-order chi connectivity index (χ1) is 11.0. The Labute approximate surface area is 140 Å². The minimum Gasteiger partial charge on any atom is -0.468 e. The monoisotopic (exact) mass is 354 g/mol. The second-order valence-corrected chi connectivity index (χ2v) is 7.02. The number of halogens is 1. The summed E-state index contributed by atoms with van der Waals surface area (Å²) in [4.78, 5) is 18.8. The van der Waals surface area contributed by atoms with E-state index in [9.17, 15) is 9.36 Å². The molecule has 23 heavy (non-hydrogen) atoms. The Balaban J connectivity index is 2.42. The van der Waals surface area contributed by atoms with Crippen LogP contribution in [0, 0.1) is 5.92 Å². The van der Waals surface area contributed by atoms with E-state index in [0.717, 1.165) is 15.6 Å². The zero-order chi connectivity index (χ0) is 17.0. The van der Waals surface area contributed by atoms with E-state index in [1.807, 2.05) is 36.4 Å². The third-order valence-corrected chi connectivity index (χ3v) is 4.50. The van der Waals surface area contributed by atoms with Crippen molar-refractivity contribution in [1.82, 2.24) is 4.83 Å². The highest BCUT2D eigenvalue weighted by Crippen LogP contribution is 2.39. The smallest absolute Gasteiger partial charge is 0.468 e. The second-order valence-electron chi connectivity index (χ2n) is 5.31. The number of rotatable bonds is 6. The Morgan fingerprint density at radius 1 is 1.17 bits per heavy atom. The van der Waals surface area contributed by atoms with Gasteiger partial charge >= 0.3 is 13.3 Å². The summed E-state index contributed by atoms with van der Waals surface area (Å²) in [6.45, 7) is 3.60. The van der Waals surface area contributed by atoms with Gasteiger partial charge in [-0.25, -0.2) is 0 Å². The number of benzene rings is 2. The number of hydroxylamine groups is 1. The molecule has 2 aromatic rings. The van der Waals surface area contributed by atoms with Crippen molar-refractivity contribution in [2.75, 3.05) is 7.11 Å². The lowest BCUT2D eigenvalue weighted by molar-refractivity contribution is -0.154. The van der Waals surface area contributed by atoms with Gasteiger partial charge in [-0.15, -0.1) is 0 Å². The van der Waals surface area contributed by atoms with Gasteiger partial charge < -0.3 is 9.57 Å². The van der Waals surface area contributed by atoms with Crippen LogP contribution in [0.2, 0.25) is 0 Å². The SMILES string of the molecule is COC(=O)C(C(C)C)N(Oc1cccc2ccccc12)[P+](=O)Cl. The topological polar surface area (TPSA) is 55.8 Å². The predicted octanol–water partition coefficient (Wildman–Crippen LogP) is 4.53. The van der Waals surface area contributed by atoms with Gasteiger partial charge in [0.1, 0.15) is 4.83 Å². The van der Waals surface area contributed by atoms with Crippen LogP contribution in [-0.2, 0) is 14.1 Å². The summed E-state index contributed by atoms with van der Waals surface area (Å²) < 4.78 is 16.7. The molecular formula is C16H18ClNO4P+. The molecule has 5 nitrogen and oxygen atoms in total. The number of nitrogens with zero attached hydrogens (tertiary/aromatic N) is 1. The molecule has 0 saturated carbocycles. The van der Waals surface area contributed by atoms with Crippen molar-refractivity contribution >= 4 is 35.3 Å². The van der Waals surface area contributed by atoms with E-state index in [0.29, 0.717) is 5.75 Å². The van der Waals surface area contributed by atoms with Gasteiger partial charge in [-0.2, -0.15) is 0 Å². The van der Waals surface area contributed by atoms with Crippen LogP contribution in [0.5, 0.6) is 5.75 Å². The number of ether oxygens (including phenoxy) is 1. The molecule has 2 rings (SSSR count). The van der Waals surface area contributed by atoms with Gasteiger partial charge in [-0.3, -0.25) is 4.79 Å². The molecule has 0 aliphatic rings. The molecule has 0 spiro atoms. The summed E-state index contributed by atoms with van der Waals surface area (Å²) in [5.41, 5.74) is 0. The first-order valence-corrected chi connectivity index (χ1v) is 9.23. The molecular weight excluding hydrogens is 337 g/mol. The summed E-state index contributed by atoms with van der Waals surface area (Å²) in [5.74, 6) is -0.277. The third-order valence-electron chi connectivity index (χ3n) is 3.41. The maximum Gasteiger partial charge on any atom is 0.593 e. The van der Waals surface area contributed by atoms with Crippen LogP contribution in [0.1, 0.15) is 13.8 Å². The van der Waals surface area contributed by atoms with E-state index in [4.69, 9.17) is 20.8 Å².